The van der Waals surface area contributed by atoms with Crippen LogP contribution >= 0.6 is 0 Å². The molecule has 134 valence electrons. The molecule has 0 saturated carbocycles. The molecule has 5 heteroatoms. The summed E-state index contributed by atoms with van der Waals surface area (Å²) in [5.41, 5.74) is 1.65. The van der Waals surface area contributed by atoms with Gasteiger partial charge in [0.2, 0.25) is 0 Å². The highest BCUT2D eigenvalue weighted by Crippen LogP contribution is 2.24. The predicted molar refractivity (Wildman–Crippen MR) is 107 cm³/mol. The van der Waals surface area contributed by atoms with E-state index in [1.807, 2.05) is 48.5 Å². The van der Waals surface area contributed by atoms with Gasteiger partial charge in [0.05, 0.1) is 0 Å². The first-order chi connectivity index (χ1) is 13.2. The molecule has 1 amide bonds. The average molecular weight is 357 g/mol. The van der Waals surface area contributed by atoms with E-state index in [0.29, 0.717) is 11.3 Å². The Balaban J connectivity index is 1.86. The van der Waals surface area contributed by atoms with Crippen molar-refractivity contribution in [1.29, 1.82) is 5.26 Å². The number of fused-ring (bicyclic) bond motifs is 1. The number of benzene rings is 3. The van der Waals surface area contributed by atoms with Gasteiger partial charge in [-0.05, 0) is 28.5 Å². The van der Waals surface area contributed by atoms with Crippen LogP contribution in [0.4, 0.5) is 5.69 Å². The van der Waals surface area contributed by atoms with Crippen molar-refractivity contribution >= 4 is 28.1 Å². The van der Waals surface area contributed by atoms with Crippen LogP contribution in [0.15, 0.2) is 72.3 Å². The second-order valence-corrected chi connectivity index (χ2v) is 5.95. The maximum absolute atomic E-state index is 12.5. The zero-order valence-electron chi connectivity index (χ0n) is 14.9. The first kappa shape index (κ1) is 18.0. The summed E-state index contributed by atoms with van der Waals surface area (Å²) in [6, 6.07) is 22.5. The predicted octanol–water partition coefficient (Wildman–Crippen LogP) is 3.99. The van der Waals surface area contributed by atoms with Crippen LogP contribution in [0.25, 0.3) is 16.5 Å². The average Bonchev–Trinajstić information content (AvgIpc) is 2.72. The summed E-state index contributed by atoms with van der Waals surface area (Å²) < 4.78 is 0. The maximum Gasteiger partial charge on any atom is 0.266 e. The molecule has 27 heavy (non-hydrogen) atoms. The summed E-state index contributed by atoms with van der Waals surface area (Å²) in [6.45, 7) is 0.256. The van der Waals surface area contributed by atoms with E-state index in [-0.39, 0.29) is 17.9 Å². The van der Waals surface area contributed by atoms with Gasteiger partial charge < -0.3 is 15.7 Å². The zero-order valence-corrected chi connectivity index (χ0v) is 14.9. The van der Waals surface area contributed by atoms with Crippen molar-refractivity contribution in [3.63, 3.8) is 0 Å². The maximum atomic E-state index is 12.5. The molecule has 0 bridgehead atoms. The molecule has 0 heterocycles. The molecular weight excluding hydrogens is 338 g/mol. The van der Waals surface area contributed by atoms with Gasteiger partial charge in [-0.3, -0.25) is 4.79 Å². The second-order valence-electron chi connectivity index (χ2n) is 5.95. The number of aliphatic hydroxyl groups is 1. The highest BCUT2D eigenvalue weighted by atomic mass is 16.3. The molecule has 0 unspecified atom stereocenters. The van der Waals surface area contributed by atoms with Crippen molar-refractivity contribution in [2.45, 2.75) is 6.54 Å². The number of aliphatic hydroxyl groups excluding tert-OH is 1. The van der Waals surface area contributed by atoms with Gasteiger partial charge in [-0.25, -0.2) is 0 Å². The molecule has 0 aromatic heterocycles. The Bertz CT molecular complexity index is 1060. The molecular formula is C22H19N3O2. The number of amides is 1. The van der Waals surface area contributed by atoms with Gasteiger partial charge in [0.25, 0.3) is 5.91 Å². The fourth-order valence-electron chi connectivity index (χ4n) is 2.96. The lowest BCUT2D eigenvalue weighted by Crippen LogP contribution is -2.25. The van der Waals surface area contributed by atoms with Crippen LogP contribution in [-0.4, -0.2) is 18.1 Å². The highest BCUT2D eigenvalue weighted by Gasteiger charge is 2.18. The third kappa shape index (κ3) is 3.75. The molecule has 3 rings (SSSR count). The highest BCUT2D eigenvalue weighted by molar-refractivity contribution is 6.04. The van der Waals surface area contributed by atoms with E-state index in [1.165, 1.54) is 0 Å². The Hall–Kier alpha value is -3.78. The molecule has 0 spiro atoms. The fourth-order valence-corrected chi connectivity index (χ4v) is 2.96. The molecule has 0 radical (unpaired) electrons. The Morgan fingerprint density at radius 2 is 1.74 bits per heavy atom. The van der Waals surface area contributed by atoms with Gasteiger partial charge in [-0.15, -0.1) is 0 Å². The SMILES string of the molecule is CNc1ccccc1/C(O)=C(\C#N)C(=O)NCc1cccc2ccccc12. The van der Waals surface area contributed by atoms with E-state index in [4.69, 9.17) is 0 Å². The quantitative estimate of drug-likeness (QED) is 0.366. The first-order valence-corrected chi connectivity index (χ1v) is 8.51. The number of nitrogens with one attached hydrogen (secondary N) is 2. The Morgan fingerprint density at radius 1 is 1.04 bits per heavy atom. The second kappa shape index (κ2) is 8.07. The normalized spacial score (nSPS) is 11.4. The minimum Gasteiger partial charge on any atom is -0.506 e. The summed E-state index contributed by atoms with van der Waals surface area (Å²) in [6.07, 6.45) is 0. The molecule has 3 aromatic rings. The van der Waals surface area contributed by atoms with Gasteiger partial charge >= 0.3 is 0 Å². The van der Waals surface area contributed by atoms with Crippen LogP contribution < -0.4 is 10.6 Å². The number of nitrogens with zero attached hydrogens (tertiary/aromatic N) is 1. The smallest absolute Gasteiger partial charge is 0.266 e. The van der Waals surface area contributed by atoms with Gasteiger partial charge in [-0.2, -0.15) is 5.26 Å². The van der Waals surface area contributed by atoms with E-state index >= 15 is 0 Å². The summed E-state index contributed by atoms with van der Waals surface area (Å²) in [7, 11) is 1.71. The van der Waals surface area contributed by atoms with Crippen molar-refractivity contribution in [2.24, 2.45) is 0 Å². The number of carbonyl (C=O) groups is 1. The Morgan fingerprint density at radius 3 is 2.52 bits per heavy atom. The van der Waals surface area contributed by atoms with Gasteiger partial charge in [-0.1, -0.05) is 54.6 Å². The number of rotatable bonds is 5. The monoisotopic (exact) mass is 357 g/mol. The van der Waals surface area contributed by atoms with Crippen LogP contribution in [-0.2, 0) is 11.3 Å². The van der Waals surface area contributed by atoms with E-state index in [2.05, 4.69) is 10.6 Å². The minimum absolute atomic E-state index is 0.256. The number of anilines is 1. The lowest BCUT2D eigenvalue weighted by Gasteiger charge is -2.11. The van der Waals surface area contributed by atoms with E-state index in [1.54, 1.807) is 31.3 Å². The minimum atomic E-state index is -0.617. The fraction of sp³-hybridized carbons (Fsp3) is 0.0909. The number of para-hydroxylation sites is 1. The van der Waals surface area contributed by atoms with Crippen molar-refractivity contribution in [3.8, 4) is 6.07 Å². The summed E-state index contributed by atoms with van der Waals surface area (Å²) in [5.74, 6) is -0.966. The van der Waals surface area contributed by atoms with E-state index < -0.39 is 5.91 Å². The number of hydrogen-bond acceptors (Lipinski definition) is 4. The summed E-state index contributed by atoms with van der Waals surface area (Å²) >= 11 is 0. The molecule has 3 N–H and O–H groups in total. The van der Waals surface area contributed by atoms with Crippen LogP contribution in [0.3, 0.4) is 0 Å². The zero-order chi connectivity index (χ0) is 19.2. The molecule has 0 aliphatic heterocycles. The number of hydrogen-bond donors (Lipinski definition) is 3. The van der Waals surface area contributed by atoms with Crippen LogP contribution in [0.5, 0.6) is 0 Å². The van der Waals surface area contributed by atoms with Crippen molar-refractivity contribution in [2.75, 3.05) is 12.4 Å². The molecule has 0 fully saturated rings. The lowest BCUT2D eigenvalue weighted by molar-refractivity contribution is -0.117. The molecule has 0 atom stereocenters. The third-order valence-electron chi connectivity index (χ3n) is 4.35. The van der Waals surface area contributed by atoms with Gasteiger partial charge in [0.15, 0.2) is 5.57 Å². The van der Waals surface area contributed by atoms with Crippen LogP contribution in [0.1, 0.15) is 11.1 Å². The standard InChI is InChI=1S/C22H19N3O2/c1-24-20-12-5-4-11-18(20)21(26)19(13-23)22(27)25-14-16-9-6-8-15-7-2-3-10-17(15)16/h2-12,24,26H,14H2,1H3,(H,25,27)/b21-19-. The Kier molecular flexibility index (Phi) is 5.38. The molecule has 0 aliphatic carbocycles. The summed E-state index contributed by atoms with van der Waals surface area (Å²) in [4.78, 5) is 12.5. The molecule has 0 saturated heterocycles. The van der Waals surface area contributed by atoms with E-state index in [9.17, 15) is 15.2 Å². The third-order valence-corrected chi connectivity index (χ3v) is 4.35. The molecule has 0 aliphatic rings. The molecule has 5 nitrogen and oxygen atoms in total. The topological polar surface area (TPSA) is 85.2 Å². The van der Waals surface area contributed by atoms with Crippen LogP contribution in [0, 0.1) is 11.3 Å². The first-order valence-electron chi connectivity index (χ1n) is 8.51. The van der Waals surface area contributed by atoms with Crippen molar-refractivity contribution < 1.29 is 9.90 Å². The van der Waals surface area contributed by atoms with Crippen molar-refractivity contribution in [3.05, 3.63) is 83.4 Å². The number of carbonyl (C=O) groups excluding carboxylic acids is 1. The largest absolute Gasteiger partial charge is 0.506 e. The lowest BCUT2D eigenvalue weighted by atomic mass is 10.0. The number of nitriles is 1. The van der Waals surface area contributed by atoms with Gasteiger partial charge in [0, 0.05) is 24.8 Å². The van der Waals surface area contributed by atoms with E-state index in [0.717, 1.165) is 16.3 Å². The van der Waals surface area contributed by atoms with Crippen molar-refractivity contribution in [1.82, 2.24) is 5.32 Å². The Labute approximate surface area is 157 Å². The van der Waals surface area contributed by atoms with Gasteiger partial charge in [0.1, 0.15) is 11.8 Å². The van der Waals surface area contributed by atoms with Crippen LogP contribution in [0.2, 0.25) is 0 Å². The summed E-state index contributed by atoms with van der Waals surface area (Å²) in [5, 5.41) is 27.7. The molecule has 3 aromatic carbocycles.